The Bertz CT molecular complexity index is 430. The van der Waals surface area contributed by atoms with Gasteiger partial charge in [0.1, 0.15) is 12.2 Å². The maximum Gasteiger partial charge on any atom is 0.188 e. The van der Waals surface area contributed by atoms with Crippen LogP contribution in [-0.2, 0) is 23.7 Å². The van der Waals surface area contributed by atoms with Crippen LogP contribution in [0.25, 0.3) is 0 Å². The number of rotatable bonds is 4. The highest BCUT2D eigenvalue weighted by Gasteiger charge is 2.51. The summed E-state index contributed by atoms with van der Waals surface area (Å²) in [6.45, 7) is 7.67. The number of carbonyl (C=O) groups excluding carboxylic acids is 1. The first-order valence-corrected chi connectivity index (χ1v) is 7.15. The molecule has 0 amide bonds. The molecule has 0 aromatic heterocycles. The summed E-state index contributed by atoms with van der Waals surface area (Å²) in [5, 5.41) is 0. The Morgan fingerprint density at radius 1 is 1.10 bits per heavy atom. The molecule has 0 bridgehead atoms. The highest BCUT2D eigenvalue weighted by molar-refractivity contribution is 5.94. The van der Waals surface area contributed by atoms with Gasteiger partial charge in [0.2, 0.25) is 0 Å². The van der Waals surface area contributed by atoms with Crippen LogP contribution in [-0.4, -0.2) is 61.3 Å². The summed E-state index contributed by atoms with van der Waals surface area (Å²) >= 11 is 0. The highest BCUT2D eigenvalue weighted by atomic mass is 16.8. The molecule has 21 heavy (non-hydrogen) atoms. The maximum absolute atomic E-state index is 12.4. The molecule has 0 saturated carbocycles. The summed E-state index contributed by atoms with van der Waals surface area (Å²) in [5.74, 6) is -1.60. The molecule has 120 valence electrons. The third-order valence-electron chi connectivity index (χ3n) is 3.34. The molecular weight excluding hydrogens is 274 g/mol. The van der Waals surface area contributed by atoms with Crippen molar-refractivity contribution in [2.75, 3.05) is 20.7 Å². The van der Waals surface area contributed by atoms with E-state index in [2.05, 4.69) is 0 Å². The lowest BCUT2D eigenvalue weighted by atomic mass is 10.0. The number of hydrogen-bond acceptors (Lipinski definition) is 6. The van der Waals surface area contributed by atoms with E-state index in [4.69, 9.17) is 18.9 Å². The Kier molecular flexibility index (Phi) is 4.44. The molecule has 0 aromatic rings. The Morgan fingerprint density at radius 2 is 1.76 bits per heavy atom. The zero-order valence-electron chi connectivity index (χ0n) is 13.6. The van der Waals surface area contributed by atoms with Gasteiger partial charge in [-0.25, -0.2) is 0 Å². The molecule has 6 heteroatoms. The van der Waals surface area contributed by atoms with E-state index in [9.17, 15) is 4.79 Å². The van der Waals surface area contributed by atoms with Crippen LogP contribution in [0.4, 0.5) is 0 Å². The van der Waals surface area contributed by atoms with Crippen molar-refractivity contribution in [3.8, 4) is 0 Å². The molecule has 2 aliphatic heterocycles. The van der Waals surface area contributed by atoms with Crippen LogP contribution in [0.2, 0.25) is 0 Å². The zero-order chi connectivity index (χ0) is 15.8. The van der Waals surface area contributed by atoms with Crippen molar-refractivity contribution in [1.82, 2.24) is 4.90 Å². The second kappa shape index (κ2) is 5.68. The number of nitrogens with zero attached hydrogens (tertiary/aromatic N) is 1. The lowest BCUT2D eigenvalue weighted by Gasteiger charge is -2.23. The molecular formula is C15H25NO5. The summed E-state index contributed by atoms with van der Waals surface area (Å²) in [4.78, 5) is 14.1. The van der Waals surface area contributed by atoms with Crippen molar-refractivity contribution in [3.05, 3.63) is 12.3 Å². The Morgan fingerprint density at radius 3 is 2.29 bits per heavy atom. The number of ketones is 1. The monoisotopic (exact) mass is 299 g/mol. The standard InChI is InChI=1S/C15H25NO5/c1-14(2)18-9-11(19-14)13-12(20-15(3,4)21-13)10(17)7-8-16(5)6/h7-8,11-13H,9H2,1-6H3/b8-7+/t11-,12-,13-/m0/s1. The largest absolute Gasteiger partial charge is 0.383 e. The van der Waals surface area contributed by atoms with Crippen LogP contribution < -0.4 is 0 Å². The van der Waals surface area contributed by atoms with Gasteiger partial charge in [0.15, 0.2) is 23.5 Å². The minimum atomic E-state index is -0.812. The first-order chi connectivity index (χ1) is 9.60. The minimum absolute atomic E-state index is 0.132. The Balaban J connectivity index is 2.12. The normalized spacial score (nSPS) is 34.5. The van der Waals surface area contributed by atoms with E-state index in [0.717, 1.165) is 0 Å². The van der Waals surface area contributed by atoms with Crippen LogP contribution in [0, 0.1) is 0 Å². The van der Waals surface area contributed by atoms with Gasteiger partial charge in [-0.2, -0.15) is 0 Å². The van der Waals surface area contributed by atoms with Crippen molar-refractivity contribution in [1.29, 1.82) is 0 Å². The lowest BCUT2D eigenvalue weighted by molar-refractivity contribution is -0.174. The maximum atomic E-state index is 12.4. The third-order valence-corrected chi connectivity index (χ3v) is 3.34. The quantitative estimate of drug-likeness (QED) is 0.729. The summed E-state index contributed by atoms with van der Waals surface area (Å²) in [6.07, 6.45) is 1.73. The first kappa shape index (κ1) is 16.4. The minimum Gasteiger partial charge on any atom is -0.383 e. The van der Waals surface area contributed by atoms with E-state index in [1.807, 2.05) is 27.9 Å². The SMILES string of the molecule is CN(C)/C=C/C(=O)[C@@H]1OC(C)(C)O[C@H]1[C@@H]1COC(C)(C)O1. The molecule has 0 aromatic carbocycles. The second-order valence-corrected chi connectivity index (χ2v) is 6.57. The summed E-state index contributed by atoms with van der Waals surface area (Å²) < 4.78 is 23.0. The fourth-order valence-corrected chi connectivity index (χ4v) is 2.48. The molecule has 2 fully saturated rings. The van der Waals surface area contributed by atoms with Crippen LogP contribution >= 0.6 is 0 Å². The molecule has 6 nitrogen and oxygen atoms in total. The first-order valence-electron chi connectivity index (χ1n) is 7.15. The van der Waals surface area contributed by atoms with Gasteiger partial charge in [-0.15, -0.1) is 0 Å². The van der Waals surface area contributed by atoms with E-state index >= 15 is 0 Å². The molecule has 0 spiro atoms. The molecule has 2 heterocycles. The smallest absolute Gasteiger partial charge is 0.188 e. The molecule has 0 aliphatic carbocycles. The third kappa shape index (κ3) is 4.03. The molecule has 2 rings (SSSR count). The van der Waals surface area contributed by atoms with Gasteiger partial charge < -0.3 is 23.8 Å². The van der Waals surface area contributed by atoms with E-state index in [-0.39, 0.29) is 11.9 Å². The van der Waals surface area contributed by atoms with E-state index in [1.54, 1.807) is 24.9 Å². The van der Waals surface area contributed by atoms with Crippen molar-refractivity contribution in [2.24, 2.45) is 0 Å². The van der Waals surface area contributed by atoms with Gasteiger partial charge >= 0.3 is 0 Å². The van der Waals surface area contributed by atoms with E-state index in [0.29, 0.717) is 6.61 Å². The van der Waals surface area contributed by atoms with E-state index < -0.39 is 23.8 Å². The van der Waals surface area contributed by atoms with Gasteiger partial charge in [0.05, 0.1) is 6.61 Å². The van der Waals surface area contributed by atoms with Gasteiger partial charge in [-0.05, 0) is 33.8 Å². The molecule has 0 N–H and O–H groups in total. The van der Waals surface area contributed by atoms with Crippen molar-refractivity contribution in [3.63, 3.8) is 0 Å². The topological polar surface area (TPSA) is 57.2 Å². The van der Waals surface area contributed by atoms with Gasteiger partial charge in [0.25, 0.3) is 0 Å². The average molecular weight is 299 g/mol. The van der Waals surface area contributed by atoms with Gasteiger partial charge in [0, 0.05) is 20.3 Å². The summed E-state index contributed by atoms with van der Waals surface area (Å²) in [7, 11) is 3.71. The predicted octanol–water partition coefficient (Wildman–Crippen LogP) is 1.30. The number of hydrogen-bond donors (Lipinski definition) is 0. The lowest BCUT2D eigenvalue weighted by Crippen LogP contribution is -2.41. The fraction of sp³-hybridized carbons (Fsp3) is 0.800. The Labute approximate surface area is 126 Å². The average Bonchev–Trinajstić information content (AvgIpc) is 2.85. The summed E-state index contributed by atoms with van der Waals surface area (Å²) in [6, 6.07) is 0. The molecule has 0 radical (unpaired) electrons. The fourth-order valence-electron chi connectivity index (χ4n) is 2.48. The predicted molar refractivity (Wildman–Crippen MR) is 76.6 cm³/mol. The van der Waals surface area contributed by atoms with E-state index in [1.165, 1.54) is 6.08 Å². The van der Waals surface area contributed by atoms with Crippen LogP contribution in [0.5, 0.6) is 0 Å². The highest BCUT2D eigenvalue weighted by Crippen LogP contribution is 2.35. The van der Waals surface area contributed by atoms with Gasteiger partial charge in [-0.3, -0.25) is 4.79 Å². The van der Waals surface area contributed by atoms with Crippen LogP contribution in [0.1, 0.15) is 27.7 Å². The molecule has 2 aliphatic rings. The second-order valence-electron chi connectivity index (χ2n) is 6.57. The summed E-state index contributed by atoms with van der Waals surface area (Å²) in [5.41, 5.74) is 0. The molecule has 3 atom stereocenters. The van der Waals surface area contributed by atoms with Crippen molar-refractivity contribution < 1.29 is 23.7 Å². The van der Waals surface area contributed by atoms with Crippen molar-refractivity contribution in [2.45, 2.75) is 57.6 Å². The van der Waals surface area contributed by atoms with Crippen LogP contribution in [0.15, 0.2) is 12.3 Å². The van der Waals surface area contributed by atoms with Gasteiger partial charge in [-0.1, -0.05) is 0 Å². The van der Waals surface area contributed by atoms with Crippen molar-refractivity contribution >= 4 is 5.78 Å². The Hall–Kier alpha value is -0.950. The van der Waals surface area contributed by atoms with Crippen LogP contribution in [0.3, 0.4) is 0 Å². The molecule has 0 unspecified atom stereocenters. The number of ether oxygens (including phenoxy) is 4. The molecule has 2 saturated heterocycles. The number of carbonyl (C=O) groups is 1. The zero-order valence-corrected chi connectivity index (χ0v) is 13.6.